The van der Waals surface area contributed by atoms with Crippen LogP contribution in [-0.4, -0.2) is 22.8 Å². The van der Waals surface area contributed by atoms with Crippen molar-refractivity contribution >= 4 is 33.5 Å². The molecule has 0 saturated carbocycles. The van der Waals surface area contributed by atoms with Gasteiger partial charge in [-0.25, -0.2) is 0 Å². The maximum absolute atomic E-state index is 11.9. The van der Waals surface area contributed by atoms with E-state index in [1.807, 2.05) is 60.7 Å². The lowest BCUT2D eigenvalue weighted by Gasteiger charge is -2.16. The van der Waals surface area contributed by atoms with E-state index in [9.17, 15) is 9.59 Å². The zero-order valence-electron chi connectivity index (χ0n) is 14.8. The van der Waals surface area contributed by atoms with Crippen LogP contribution in [0.3, 0.4) is 0 Å². The Morgan fingerprint density at radius 3 is 1.42 bits per heavy atom. The normalized spacial score (nSPS) is 12.8. The maximum atomic E-state index is 11.9. The van der Waals surface area contributed by atoms with Crippen LogP contribution in [0, 0.1) is 0 Å². The molecular formula is C20H22O4S2. The Morgan fingerprint density at radius 1 is 0.731 bits per heavy atom. The van der Waals surface area contributed by atoms with Gasteiger partial charge in [-0.05, 0) is 46.6 Å². The number of carbonyl (C=O) groups is 2. The van der Waals surface area contributed by atoms with E-state index >= 15 is 0 Å². The zero-order chi connectivity index (χ0) is 18.8. The largest absolute Gasteiger partial charge is 0.450 e. The van der Waals surface area contributed by atoms with Crippen molar-refractivity contribution in [2.45, 2.75) is 37.6 Å². The Morgan fingerprint density at radius 2 is 1.08 bits per heavy atom. The third-order valence-electron chi connectivity index (χ3n) is 3.30. The highest BCUT2D eigenvalue weighted by Crippen LogP contribution is 2.32. The summed E-state index contributed by atoms with van der Waals surface area (Å²) in [6, 6.07) is 18.9. The molecule has 2 aromatic carbocycles. The van der Waals surface area contributed by atoms with E-state index in [4.69, 9.17) is 9.47 Å². The fraction of sp³-hybridized carbons (Fsp3) is 0.300. The molecule has 6 heteroatoms. The van der Waals surface area contributed by atoms with Gasteiger partial charge in [-0.15, -0.1) is 0 Å². The zero-order valence-corrected chi connectivity index (χ0v) is 16.4. The van der Waals surface area contributed by atoms with Crippen molar-refractivity contribution in [3.05, 3.63) is 71.8 Å². The van der Waals surface area contributed by atoms with E-state index in [2.05, 4.69) is 0 Å². The van der Waals surface area contributed by atoms with Gasteiger partial charge in [-0.1, -0.05) is 60.7 Å². The SMILES string of the molecule is CC(OC(=O)Cc1ccccc1)SSC(C)OC(=O)Cc1ccccc1. The molecule has 138 valence electrons. The summed E-state index contributed by atoms with van der Waals surface area (Å²) in [4.78, 5) is 23.8. The van der Waals surface area contributed by atoms with Crippen LogP contribution in [0.15, 0.2) is 60.7 Å². The Kier molecular flexibility index (Phi) is 8.58. The molecule has 0 saturated heterocycles. The maximum Gasteiger partial charge on any atom is 0.311 e. The van der Waals surface area contributed by atoms with Crippen LogP contribution < -0.4 is 0 Å². The lowest BCUT2D eigenvalue weighted by molar-refractivity contribution is -0.144. The molecule has 0 bridgehead atoms. The summed E-state index contributed by atoms with van der Waals surface area (Å²) in [5, 5.41) is 0. The van der Waals surface area contributed by atoms with Gasteiger partial charge in [0.25, 0.3) is 0 Å². The van der Waals surface area contributed by atoms with Crippen LogP contribution in [-0.2, 0) is 31.9 Å². The first-order valence-corrected chi connectivity index (χ1v) is 10.6. The highest BCUT2D eigenvalue weighted by molar-refractivity contribution is 8.77. The second-order valence-electron chi connectivity index (χ2n) is 5.63. The van der Waals surface area contributed by atoms with Crippen molar-refractivity contribution in [1.82, 2.24) is 0 Å². The van der Waals surface area contributed by atoms with Gasteiger partial charge in [0.2, 0.25) is 0 Å². The third kappa shape index (κ3) is 7.97. The standard InChI is InChI=1S/C20H22O4S2/c1-15(23-19(21)13-17-9-5-3-6-10-17)25-26-16(2)24-20(22)14-18-11-7-4-8-12-18/h3-12,15-16H,13-14H2,1-2H3. The van der Waals surface area contributed by atoms with Crippen molar-refractivity contribution < 1.29 is 19.1 Å². The fourth-order valence-corrected chi connectivity index (χ4v) is 3.96. The van der Waals surface area contributed by atoms with Crippen LogP contribution in [0.5, 0.6) is 0 Å². The van der Waals surface area contributed by atoms with Crippen LogP contribution in [0.4, 0.5) is 0 Å². The molecule has 0 fully saturated rings. The first kappa shape index (κ1) is 20.4. The molecule has 0 spiro atoms. The highest BCUT2D eigenvalue weighted by atomic mass is 33.1. The van der Waals surface area contributed by atoms with Gasteiger partial charge in [0.1, 0.15) is 0 Å². The molecule has 2 unspecified atom stereocenters. The lowest BCUT2D eigenvalue weighted by atomic mass is 10.2. The molecule has 4 nitrogen and oxygen atoms in total. The van der Waals surface area contributed by atoms with Crippen LogP contribution in [0.25, 0.3) is 0 Å². The van der Waals surface area contributed by atoms with E-state index < -0.39 is 0 Å². The molecular weight excluding hydrogens is 368 g/mol. The van der Waals surface area contributed by atoms with Crippen LogP contribution in [0.2, 0.25) is 0 Å². The Bertz CT molecular complexity index is 630. The molecule has 0 aliphatic rings. The topological polar surface area (TPSA) is 52.6 Å². The summed E-state index contributed by atoms with van der Waals surface area (Å²) in [6.45, 7) is 3.61. The van der Waals surface area contributed by atoms with E-state index in [0.29, 0.717) is 0 Å². The molecule has 0 N–H and O–H groups in total. The quantitative estimate of drug-likeness (QED) is 0.353. The predicted octanol–water partition coefficient (Wildman–Crippen LogP) is 4.63. The fourth-order valence-electron chi connectivity index (χ4n) is 2.17. The minimum Gasteiger partial charge on any atom is -0.450 e. The number of hydrogen-bond donors (Lipinski definition) is 0. The van der Waals surface area contributed by atoms with Gasteiger partial charge in [0, 0.05) is 0 Å². The number of carbonyl (C=O) groups excluding carboxylic acids is 2. The van der Waals surface area contributed by atoms with Crippen molar-refractivity contribution in [2.24, 2.45) is 0 Å². The van der Waals surface area contributed by atoms with Crippen molar-refractivity contribution in [3.8, 4) is 0 Å². The highest BCUT2D eigenvalue weighted by Gasteiger charge is 2.16. The van der Waals surface area contributed by atoms with E-state index in [1.165, 1.54) is 21.6 Å². The summed E-state index contributed by atoms with van der Waals surface area (Å²) < 4.78 is 10.7. The average molecular weight is 391 g/mol. The van der Waals surface area contributed by atoms with E-state index in [1.54, 1.807) is 13.8 Å². The molecule has 2 atom stereocenters. The Balaban J connectivity index is 1.65. The first-order chi connectivity index (χ1) is 12.5. The predicted molar refractivity (Wildman–Crippen MR) is 107 cm³/mol. The van der Waals surface area contributed by atoms with Crippen LogP contribution in [0.1, 0.15) is 25.0 Å². The smallest absolute Gasteiger partial charge is 0.311 e. The summed E-state index contributed by atoms with van der Waals surface area (Å²) in [5.74, 6) is -0.545. The van der Waals surface area contributed by atoms with Gasteiger partial charge in [-0.3, -0.25) is 9.59 Å². The van der Waals surface area contributed by atoms with Gasteiger partial charge in [-0.2, -0.15) is 0 Å². The molecule has 2 aromatic rings. The molecule has 26 heavy (non-hydrogen) atoms. The molecule has 0 amide bonds. The Labute approximate surface area is 162 Å². The molecule has 0 aromatic heterocycles. The summed E-state index contributed by atoms with van der Waals surface area (Å²) in [6.07, 6.45) is 0.496. The molecule has 0 radical (unpaired) electrons. The lowest BCUT2D eigenvalue weighted by Crippen LogP contribution is -2.16. The van der Waals surface area contributed by atoms with E-state index in [0.717, 1.165) is 11.1 Å². The second kappa shape index (κ2) is 10.9. The van der Waals surface area contributed by atoms with Gasteiger partial charge in [0.15, 0.2) is 10.9 Å². The number of hydrogen-bond acceptors (Lipinski definition) is 6. The van der Waals surface area contributed by atoms with Gasteiger partial charge < -0.3 is 9.47 Å². The van der Waals surface area contributed by atoms with Gasteiger partial charge >= 0.3 is 11.9 Å². The summed E-state index contributed by atoms with van der Waals surface area (Å²) in [7, 11) is 2.74. The molecule has 0 aliphatic heterocycles. The van der Waals surface area contributed by atoms with E-state index in [-0.39, 0.29) is 35.7 Å². The van der Waals surface area contributed by atoms with Crippen molar-refractivity contribution in [1.29, 1.82) is 0 Å². The minimum absolute atomic E-state index is 0.248. The molecule has 0 heterocycles. The van der Waals surface area contributed by atoms with Crippen molar-refractivity contribution in [2.75, 3.05) is 0 Å². The van der Waals surface area contributed by atoms with Gasteiger partial charge in [0.05, 0.1) is 12.8 Å². The summed E-state index contributed by atoms with van der Waals surface area (Å²) >= 11 is 0. The second-order valence-corrected chi connectivity index (χ2v) is 8.50. The number of rotatable bonds is 9. The number of benzene rings is 2. The average Bonchev–Trinajstić information content (AvgIpc) is 2.61. The van der Waals surface area contributed by atoms with Crippen LogP contribution >= 0.6 is 21.6 Å². The first-order valence-electron chi connectivity index (χ1n) is 8.32. The number of ether oxygens (including phenoxy) is 2. The molecule has 0 aliphatic carbocycles. The number of esters is 2. The monoisotopic (exact) mass is 390 g/mol. The van der Waals surface area contributed by atoms with Crippen molar-refractivity contribution in [3.63, 3.8) is 0 Å². The Hall–Kier alpha value is -1.92. The third-order valence-corrected chi connectivity index (χ3v) is 6.11. The minimum atomic E-state index is -0.327. The summed E-state index contributed by atoms with van der Waals surface area (Å²) in [5.41, 5.74) is 1.19. The molecule has 2 rings (SSSR count).